The molecule has 1 fully saturated rings. The topological polar surface area (TPSA) is 64.1 Å². The van der Waals surface area contributed by atoms with Gasteiger partial charge < -0.3 is 10.1 Å². The van der Waals surface area contributed by atoms with Crippen LogP contribution in [0.1, 0.15) is 12.8 Å². The van der Waals surface area contributed by atoms with Crippen molar-refractivity contribution in [1.29, 1.82) is 0 Å². The van der Waals surface area contributed by atoms with E-state index in [1.165, 1.54) is 6.33 Å². The Balaban J connectivity index is 2.08. The summed E-state index contributed by atoms with van der Waals surface area (Å²) in [5.41, 5.74) is 0. The summed E-state index contributed by atoms with van der Waals surface area (Å²) in [6.07, 6.45) is 2.41. The third kappa shape index (κ3) is 2.42. The molecule has 2 rings (SSSR count). The van der Waals surface area contributed by atoms with E-state index in [0.717, 1.165) is 6.42 Å². The maximum Gasteiger partial charge on any atom is 0.254 e. The number of carbonyl (C=O) groups excluding carboxylic acids is 1. The van der Waals surface area contributed by atoms with Crippen LogP contribution >= 0.6 is 23.2 Å². The number of carbonyl (C=O) groups is 1. The third-order valence-corrected chi connectivity index (χ3v) is 2.95. The molecular formula is C9H9Cl2N3O2. The number of halogens is 2. The number of amides is 1. The van der Waals surface area contributed by atoms with Gasteiger partial charge in [0.25, 0.3) is 5.91 Å². The Labute approximate surface area is 102 Å². The van der Waals surface area contributed by atoms with Crippen molar-refractivity contribution in [2.24, 2.45) is 0 Å². The molecule has 0 saturated carbocycles. The predicted molar refractivity (Wildman–Crippen MR) is 59.7 cm³/mol. The number of nitrogens with zero attached hydrogens (tertiary/aromatic N) is 2. The first-order chi connectivity index (χ1) is 7.68. The minimum Gasteiger partial charge on any atom is -0.368 e. The average Bonchev–Trinajstić information content (AvgIpc) is 2.78. The molecule has 1 aliphatic heterocycles. The summed E-state index contributed by atoms with van der Waals surface area (Å²) in [6.45, 7) is 0.607. The Morgan fingerprint density at radius 3 is 3.00 bits per heavy atom. The van der Waals surface area contributed by atoms with Crippen molar-refractivity contribution in [3.8, 4) is 0 Å². The Bertz CT molecular complexity index is 408. The minimum atomic E-state index is -0.426. The van der Waals surface area contributed by atoms with Crippen LogP contribution in [0.5, 0.6) is 0 Å². The Kier molecular flexibility index (Phi) is 3.58. The molecule has 0 aromatic carbocycles. The van der Waals surface area contributed by atoms with E-state index in [-0.39, 0.29) is 21.9 Å². The van der Waals surface area contributed by atoms with Crippen LogP contribution in [0.15, 0.2) is 6.33 Å². The van der Waals surface area contributed by atoms with Crippen LogP contribution in [0.4, 0.5) is 5.82 Å². The van der Waals surface area contributed by atoms with Crippen molar-refractivity contribution in [2.75, 3.05) is 11.9 Å². The van der Waals surface area contributed by atoms with Crippen LogP contribution in [-0.2, 0) is 9.53 Å². The van der Waals surface area contributed by atoms with Gasteiger partial charge in [-0.1, -0.05) is 23.2 Å². The lowest BCUT2D eigenvalue weighted by molar-refractivity contribution is -0.124. The van der Waals surface area contributed by atoms with Crippen LogP contribution in [-0.4, -0.2) is 28.6 Å². The summed E-state index contributed by atoms with van der Waals surface area (Å²) >= 11 is 11.5. The molecule has 7 heteroatoms. The van der Waals surface area contributed by atoms with Gasteiger partial charge in [0.05, 0.1) is 0 Å². The van der Waals surface area contributed by atoms with Gasteiger partial charge in [0.15, 0.2) is 11.0 Å². The molecule has 16 heavy (non-hydrogen) atoms. The Morgan fingerprint density at radius 2 is 2.31 bits per heavy atom. The monoisotopic (exact) mass is 261 g/mol. The van der Waals surface area contributed by atoms with Crippen LogP contribution in [0.25, 0.3) is 0 Å². The zero-order valence-corrected chi connectivity index (χ0v) is 9.75. The summed E-state index contributed by atoms with van der Waals surface area (Å²) in [6, 6.07) is 0. The molecule has 86 valence electrons. The quantitative estimate of drug-likeness (QED) is 0.827. The predicted octanol–water partition coefficient (Wildman–Crippen LogP) is 1.90. The lowest BCUT2D eigenvalue weighted by atomic mass is 10.2. The lowest BCUT2D eigenvalue weighted by Crippen LogP contribution is -2.27. The normalized spacial score (nSPS) is 19.8. The standard InChI is InChI=1S/C9H9Cl2N3O2/c10-6-7(11)12-4-13-8(6)14-9(15)5-2-1-3-16-5/h4-5H,1-3H2,(H,12,13,14,15). The molecule has 2 heterocycles. The Hall–Kier alpha value is -0.910. The van der Waals surface area contributed by atoms with Gasteiger partial charge >= 0.3 is 0 Å². The van der Waals surface area contributed by atoms with Crippen LogP contribution in [0, 0.1) is 0 Å². The summed E-state index contributed by atoms with van der Waals surface area (Å²) in [5, 5.41) is 2.81. The molecule has 1 aliphatic rings. The number of anilines is 1. The lowest BCUT2D eigenvalue weighted by Gasteiger charge is -2.10. The number of aromatic nitrogens is 2. The molecule has 1 saturated heterocycles. The summed E-state index contributed by atoms with van der Waals surface area (Å²) in [5.74, 6) is -0.0451. The first-order valence-electron chi connectivity index (χ1n) is 4.77. The number of ether oxygens (including phenoxy) is 1. The van der Waals surface area contributed by atoms with Crippen molar-refractivity contribution in [3.63, 3.8) is 0 Å². The second-order valence-corrected chi connectivity index (χ2v) is 4.05. The van der Waals surface area contributed by atoms with Gasteiger partial charge in [-0.15, -0.1) is 0 Å². The van der Waals surface area contributed by atoms with Crippen LogP contribution in [0.3, 0.4) is 0 Å². The summed E-state index contributed by atoms with van der Waals surface area (Å²) in [4.78, 5) is 19.2. The van der Waals surface area contributed by atoms with Gasteiger partial charge in [0.2, 0.25) is 0 Å². The Morgan fingerprint density at radius 1 is 1.50 bits per heavy atom. The maximum atomic E-state index is 11.7. The van der Waals surface area contributed by atoms with Gasteiger partial charge in [0, 0.05) is 6.61 Å². The van der Waals surface area contributed by atoms with Crippen molar-refractivity contribution < 1.29 is 9.53 Å². The third-order valence-electron chi connectivity index (χ3n) is 2.21. The molecule has 1 unspecified atom stereocenters. The first-order valence-corrected chi connectivity index (χ1v) is 5.52. The highest BCUT2D eigenvalue weighted by atomic mass is 35.5. The average molecular weight is 262 g/mol. The fourth-order valence-corrected chi connectivity index (χ4v) is 1.70. The second-order valence-electron chi connectivity index (χ2n) is 3.32. The number of rotatable bonds is 2. The zero-order valence-electron chi connectivity index (χ0n) is 8.24. The fraction of sp³-hybridized carbons (Fsp3) is 0.444. The van der Waals surface area contributed by atoms with E-state index in [0.29, 0.717) is 13.0 Å². The van der Waals surface area contributed by atoms with Gasteiger partial charge in [-0.25, -0.2) is 9.97 Å². The van der Waals surface area contributed by atoms with E-state index < -0.39 is 6.10 Å². The van der Waals surface area contributed by atoms with Crippen LogP contribution in [0.2, 0.25) is 10.2 Å². The van der Waals surface area contributed by atoms with Crippen LogP contribution < -0.4 is 5.32 Å². The molecule has 1 atom stereocenters. The molecule has 1 amide bonds. The highest BCUT2D eigenvalue weighted by Gasteiger charge is 2.24. The molecule has 1 aromatic rings. The maximum absolute atomic E-state index is 11.7. The van der Waals surface area contributed by atoms with Gasteiger partial charge in [-0.2, -0.15) is 0 Å². The molecule has 1 aromatic heterocycles. The first kappa shape index (κ1) is 11.6. The molecule has 5 nitrogen and oxygen atoms in total. The van der Waals surface area contributed by atoms with E-state index in [4.69, 9.17) is 27.9 Å². The van der Waals surface area contributed by atoms with E-state index in [9.17, 15) is 4.79 Å². The molecule has 0 bridgehead atoms. The SMILES string of the molecule is O=C(Nc1ncnc(Cl)c1Cl)C1CCCO1. The van der Waals surface area contributed by atoms with E-state index in [2.05, 4.69) is 15.3 Å². The number of nitrogens with one attached hydrogen (secondary N) is 1. The zero-order chi connectivity index (χ0) is 11.5. The van der Waals surface area contributed by atoms with Crippen molar-refractivity contribution in [2.45, 2.75) is 18.9 Å². The van der Waals surface area contributed by atoms with E-state index in [1.807, 2.05) is 0 Å². The molecule has 0 radical (unpaired) electrons. The largest absolute Gasteiger partial charge is 0.368 e. The second kappa shape index (κ2) is 4.95. The number of hydrogen-bond acceptors (Lipinski definition) is 4. The molecular weight excluding hydrogens is 253 g/mol. The minimum absolute atomic E-state index is 0.110. The van der Waals surface area contributed by atoms with Crippen molar-refractivity contribution in [3.05, 3.63) is 16.5 Å². The van der Waals surface area contributed by atoms with E-state index in [1.54, 1.807) is 0 Å². The molecule has 1 N–H and O–H groups in total. The van der Waals surface area contributed by atoms with Crippen molar-refractivity contribution >= 4 is 34.9 Å². The fourth-order valence-electron chi connectivity index (χ4n) is 1.42. The highest BCUT2D eigenvalue weighted by Crippen LogP contribution is 2.26. The summed E-state index contributed by atoms with van der Waals surface area (Å²) in [7, 11) is 0. The van der Waals surface area contributed by atoms with Gasteiger partial charge in [0.1, 0.15) is 17.5 Å². The molecule has 0 aliphatic carbocycles. The highest BCUT2D eigenvalue weighted by molar-refractivity contribution is 6.42. The van der Waals surface area contributed by atoms with Crippen molar-refractivity contribution in [1.82, 2.24) is 9.97 Å². The van der Waals surface area contributed by atoms with Gasteiger partial charge in [-0.3, -0.25) is 4.79 Å². The smallest absolute Gasteiger partial charge is 0.254 e. The van der Waals surface area contributed by atoms with Gasteiger partial charge in [-0.05, 0) is 12.8 Å². The summed E-state index contributed by atoms with van der Waals surface area (Å²) < 4.78 is 5.23. The van der Waals surface area contributed by atoms with E-state index >= 15 is 0 Å². The number of hydrogen-bond donors (Lipinski definition) is 1. The molecule has 0 spiro atoms.